The molecule has 0 fully saturated rings. The van der Waals surface area contributed by atoms with Crippen LogP contribution in [-0.4, -0.2) is 6.54 Å². The third-order valence-corrected chi connectivity index (χ3v) is 4.42. The van der Waals surface area contributed by atoms with Crippen molar-refractivity contribution >= 4 is 11.3 Å². The smallest absolute Gasteiger partial charge is 0.0673 e. The van der Waals surface area contributed by atoms with Gasteiger partial charge in [-0.1, -0.05) is 36.2 Å². The highest BCUT2D eigenvalue weighted by Gasteiger charge is 2.17. The van der Waals surface area contributed by atoms with Crippen molar-refractivity contribution in [2.75, 3.05) is 6.54 Å². The summed E-state index contributed by atoms with van der Waals surface area (Å²) in [7, 11) is 0. The molecule has 1 aromatic carbocycles. The average Bonchev–Trinajstić information content (AvgIpc) is 2.75. The van der Waals surface area contributed by atoms with E-state index in [1.165, 1.54) is 27.1 Å². The summed E-state index contributed by atoms with van der Waals surface area (Å²) in [5, 5.41) is 5.88. The number of aryl methyl sites for hydroxylation is 3. The fourth-order valence-corrected chi connectivity index (χ4v) is 3.54. The van der Waals surface area contributed by atoms with E-state index in [0.717, 1.165) is 13.0 Å². The Bertz CT molecular complexity index is 522. The Morgan fingerprint density at radius 1 is 1.11 bits per heavy atom. The number of thiophene rings is 1. The van der Waals surface area contributed by atoms with Gasteiger partial charge in [0.2, 0.25) is 0 Å². The molecule has 0 bridgehead atoms. The van der Waals surface area contributed by atoms with Gasteiger partial charge in [0.25, 0.3) is 0 Å². The van der Waals surface area contributed by atoms with Crippen molar-refractivity contribution < 1.29 is 0 Å². The molecule has 1 N–H and O–H groups in total. The summed E-state index contributed by atoms with van der Waals surface area (Å²) in [6.45, 7) is 9.82. The van der Waals surface area contributed by atoms with Crippen LogP contribution in [0.15, 0.2) is 29.6 Å². The van der Waals surface area contributed by atoms with Crippen molar-refractivity contribution in [3.63, 3.8) is 0 Å². The first-order chi connectivity index (χ1) is 9.11. The number of benzene rings is 1. The molecule has 1 atom stereocenters. The van der Waals surface area contributed by atoms with E-state index < -0.39 is 0 Å². The Morgan fingerprint density at radius 3 is 2.32 bits per heavy atom. The largest absolute Gasteiger partial charge is 0.306 e. The molecule has 0 amide bonds. The molecule has 1 aromatic heterocycles. The lowest BCUT2D eigenvalue weighted by Crippen LogP contribution is -2.23. The van der Waals surface area contributed by atoms with Crippen LogP contribution in [0.2, 0.25) is 0 Å². The van der Waals surface area contributed by atoms with Gasteiger partial charge in [-0.15, -0.1) is 11.3 Å². The molecule has 19 heavy (non-hydrogen) atoms. The molecule has 2 aromatic rings. The van der Waals surface area contributed by atoms with E-state index in [1.54, 1.807) is 0 Å². The molecule has 1 nitrogen and oxygen atoms in total. The highest BCUT2D eigenvalue weighted by molar-refractivity contribution is 7.10. The zero-order chi connectivity index (χ0) is 13.8. The summed E-state index contributed by atoms with van der Waals surface area (Å²) in [6.07, 6.45) is 1.16. The van der Waals surface area contributed by atoms with Crippen LogP contribution in [0.25, 0.3) is 0 Å². The van der Waals surface area contributed by atoms with E-state index in [4.69, 9.17) is 0 Å². The fraction of sp³-hybridized carbons (Fsp3) is 0.412. The van der Waals surface area contributed by atoms with Gasteiger partial charge in [0, 0.05) is 4.88 Å². The van der Waals surface area contributed by atoms with Gasteiger partial charge in [0.1, 0.15) is 0 Å². The van der Waals surface area contributed by atoms with E-state index in [-0.39, 0.29) is 0 Å². The predicted molar refractivity (Wildman–Crippen MR) is 85.1 cm³/mol. The first-order valence-electron chi connectivity index (χ1n) is 6.97. The molecule has 1 heterocycles. The van der Waals surface area contributed by atoms with Gasteiger partial charge >= 0.3 is 0 Å². The summed E-state index contributed by atoms with van der Waals surface area (Å²) in [6, 6.07) is 9.39. The van der Waals surface area contributed by atoms with E-state index >= 15 is 0 Å². The summed E-state index contributed by atoms with van der Waals surface area (Å²) in [4.78, 5) is 1.44. The topological polar surface area (TPSA) is 12.0 Å². The Balaban J connectivity index is 2.39. The molecular formula is C17H23NS. The third kappa shape index (κ3) is 3.46. The average molecular weight is 273 g/mol. The molecule has 102 valence electrons. The van der Waals surface area contributed by atoms with Crippen LogP contribution >= 0.6 is 11.3 Å². The molecule has 0 aliphatic heterocycles. The van der Waals surface area contributed by atoms with Gasteiger partial charge in [0.05, 0.1) is 6.04 Å². The first kappa shape index (κ1) is 14.3. The lowest BCUT2D eigenvalue weighted by molar-refractivity contribution is 0.603. The quantitative estimate of drug-likeness (QED) is 0.828. The minimum Gasteiger partial charge on any atom is -0.306 e. The maximum Gasteiger partial charge on any atom is 0.0673 e. The Labute approximate surface area is 120 Å². The predicted octanol–water partition coefficient (Wildman–Crippen LogP) is 4.76. The van der Waals surface area contributed by atoms with Crippen LogP contribution in [-0.2, 0) is 0 Å². The molecule has 1 unspecified atom stereocenters. The summed E-state index contributed by atoms with van der Waals surface area (Å²) in [5.41, 5.74) is 5.45. The SMILES string of the molecule is CCCNC(c1cc(C)cc(C)c1)c1sccc1C. The van der Waals surface area contributed by atoms with Crippen molar-refractivity contribution in [1.82, 2.24) is 5.32 Å². The summed E-state index contributed by atoms with van der Waals surface area (Å²) in [5.74, 6) is 0. The number of nitrogens with one attached hydrogen (secondary N) is 1. The van der Waals surface area contributed by atoms with Crippen LogP contribution in [0.3, 0.4) is 0 Å². The normalized spacial score (nSPS) is 12.6. The van der Waals surface area contributed by atoms with Crippen LogP contribution < -0.4 is 5.32 Å². The van der Waals surface area contributed by atoms with Crippen LogP contribution in [0.1, 0.15) is 46.5 Å². The molecule has 0 radical (unpaired) electrons. The third-order valence-electron chi connectivity index (χ3n) is 3.34. The van der Waals surface area contributed by atoms with Gasteiger partial charge < -0.3 is 5.32 Å². The first-order valence-corrected chi connectivity index (χ1v) is 7.85. The zero-order valence-electron chi connectivity index (χ0n) is 12.3. The highest BCUT2D eigenvalue weighted by Crippen LogP contribution is 2.30. The van der Waals surface area contributed by atoms with E-state index in [9.17, 15) is 0 Å². The number of hydrogen-bond acceptors (Lipinski definition) is 2. The molecule has 0 saturated heterocycles. The number of rotatable bonds is 5. The standard InChI is InChI=1S/C17H23NS/c1-5-7-18-16(17-14(4)6-8-19-17)15-10-12(2)9-13(3)11-15/h6,8-11,16,18H,5,7H2,1-4H3. The van der Waals surface area contributed by atoms with Gasteiger partial charge in [0.15, 0.2) is 0 Å². The Morgan fingerprint density at radius 2 is 1.79 bits per heavy atom. The Hall–Kier alpha value is -1.12. The van der Waals surface area contributed by atoms with Crippen LogP contribution in [0.4, 0.5) is 0 Å². The molecule has 0 saturated carbocycles. The van der Waals surface area contributed by atoms with E-state index in [2.05, 4.69) is 62.7 Å². The lowest BCUT2D eigenvalue weighted by atomic mass is 9.98. The minimum atomic E-state index is 0.332. The number of hydrogen-bond donors (Lipinski definition) is 1. The van der Waals surface area contributed by atoms with Gasteiger partial charge in [-0.25, -0.2) is 0 Å². The molecular weight excluding hydrogens is 250 g/mol. The van der Waals surface area contributed by atoms with Gasteiger partial charge in [-0.3, -0.25) is 0 Å². The minimum absolute atomic E-state index is 0.332. The molecule has 0 aliphatic carbocycles. The van der Waals surface area contributed by atoms with Crippen LogP contribution in [0.5, 0.6) is 0 Å². The second-order valence-corrected chi connectivity index (χ2v) is 6.22. The van der Waals surface area contributed by atoms with Crippen molar-refractivity contribution in [3.8, 4) is 0 Å². The van der Waals surface area contributed by atoms with Crippen molar-refractivity contribution in [1.29, 1.82) is 0 Å². The Kier molecular flexibility index (Phi) is 4.78. The van der Waals surface area contributed by atoms with Crippen molar-refractivity contribution in [3.05, 3.63) is 56.8 Å². The molecule has 2 rings (SSSR count). The van der Waals surface area contributed by atoms with E-state index in [0.29, 0.717) is 6.04 Å². The second kappa shape index (κ2) is 6.36. The molecule has 2 heteroatoms. The van der Waals surface area contributed by atoms with Gasteiger partial charge in [-0.2, -0.15) is 0 Å². The second-order valence-electron chi connectivity index (χ2n) is 5.28. The van der Waals surface area contributed by atoms with Crippen molar-refractivity contribution in [2.45, 2.75) is 40.2 Å². The highest BCUT2D eigenvalue weighted by atomic mass is 32.1. The maximum absolute atomic E-state index is 3.69. The van der Waals surface area contributed by atoms with Gasteiger partial charge in [-0.05, 0) is 56.3 Å². The fourth-order valence-electron chi connectivity index (χ4n) is 2.51. The zero-order valence-corrected chi connectivity index (χ0v) is 13.1. The maximum atomic E-state index is 3.69. The summed E-state index contributed by atoms with van der Waals surface area (Å²) >= 11 is 1.85. The van der Waals surface area contributed by atoms with Crippen molar-refractivity contribution in [2.24, 2.45) is 0 Å². The van der Waals surface area contributed by atoms with Crippen LogP contribution in [0, 0.1) is 20.8 Å². The monoisotopic (exact) mass is 273 g/mol. The molecule has 0 spiro atoms. The lowest BCUT2D eigenvalue weighted by Gasteiger charge is -2.20. The summed E-state index contributed by atoms with van der Waals surface area (Å²) < 4.78 is 0. The molecule has 0 aliphatic rings. The van der Waals surface area contributed by atoms with E-state index in [1.807, 2.05) is 11.3 Å².